The van der Waals surface area contributed by atoms with Crippen LogP contribution in [-0.2, 0) is 0 Å². The van der Waals surface area contributed by atoms with Gasteiger partial charge in [0.2, 0.25) is 6.23 Å². The fraction of sp³-hybridized carbons (Fsp3) is 0.208. The molecule has 152 valence electrons. The Morgan fingerprint density at radius 2 is 1.70 bits per heavy atom. The third kappa shape index (κ3) is 3.12. The van der Waals surface area contributed by atoms with Crippen molar-refractivity contribution in [1.82, 2.24) is 5.01 Å². The van der Waals surface area contributed by atoms with Crippen LogP contribution < -0.4 is 14.2 Å². The summed E-state index contributed by atoms with van der Waals surface area (Å²) in [6.07, 6.45) is 0.396. The van der Waals surface area contributed by atoms with E-state index in [1.54, 1.807) is 14.2 Å². The molecule has 3 aromatic carbocycles. The molecular formula is C24H21BrN2O3. The lowest BCUT2D eigenvalue weighted by Gasteiger charge is -2.38. The molecule has 0 amide bonds. The van der Waals surface area contributed by atoms with Gasteiger partial charge in [0, 0.05) is 16.5 Å². The van der Waals surface area contributed by atoms with Crippen LogP contribution in [0.25, 0.3) is 0 Å². The second-order valence-corrected chi connectivity index (χ2v) is 8.16. The Bertz CT molecular complexity index is 1110. The Morgan fingerprint density at radius 3 is 2.47 bits per heavy atom. The van der Waals surface area contributed by atoms with Gasteiger partial charge >= 0.3 is 0 Å². The minimum absolute atomic E-state index is 0.0921. The number of para-hydroxylation sites is 2. The van der Waals surface area contributed by atoms with Gasteiger partial charge in [0.25, 0.3) is 0 Å². The quantitative estimate of drug-likeness (QED) is 0.495. The maximum atomic E-state index is 6.45. The summed E-state index contributed by atoms with van der Waals surface area (Å²) in [6.45, 7) is 0. The predicted molar refractivity (Wildman–Crippen MR) is 119 cm³/mol. The van der Waals surface area contributed by atoms with Gasteiger partial charge in [-0.15, -0.1) is 0 Å². The summed E-state index contributed by atoms with van der Waals surface area (Å²) in [5.41, 5.74) is 4.18. The number of hydrogen-bond acceptors (Lipinski definition) is 5. The van der Waals surface area contributed by atoms with E-state index in [2.05, 4.69) is 39.1 Å². The third-order valence-corrected chi connectivity index (χ3v) is 6.10. The number of hydrogen-bond donors (Lipinski definition) is 0. The molecule has 2 aliphatic heterocycles. The molecular weight excluding hydrogens is 444 g/mol. The van der Waals surface area contributed by atoms with E-state index in [-0.39, 0.29) is 6.04 Å². The first kappa shape index (κ1) is 19.0. The van der Waals surface area contributed by atoms with Crippen molar-refractivity contribution < 1.29 is 14.2 Å². The molecule has 0 saturated carbocycles. The van der Waals surface area contributed by atoms with Crippen molar-refractivity contribution in [3.8, 4) is 17.2 Å². The summed E-state index contributed by atoms with van der Waals surface area (Å²) in [5, 5.41) is 7.06. The van der Waals surface area contributed by atoms with Crippen LogP contribution in [0.3, 0.4) is 0 Å². The van der Waals surface area contributed by atoms with Crippen LogP contribution >= 0.6 is 15.9 Å². The van der Waals surface area contributed by atoms with Crippen LogP contribution in [0.15, 0.2) is 76.3 Å². The van der Waals surface area contributed by atoms with E-state index < -0.39 is 6.23 Å². The first-order valence-electron chi connectivity index (χ1n) is 9.78. The van der Waals surface area contributed by atoms with Crippen LogP contribution in [0.1, 0.15) is 35.4 Å². The van der Waals surface area contributed by atoms with E-state index in [1.807, 2.05) is 48.5 Å². The number of hydrazone groups is 1. The number of halogens is 1. The van der Waals surface area contributed by atoms with Crippen molar-refractivity contribution in [1.29, 1.82) is 0 Å². The summed E-state index contributed by atoms with van der Waals surface area (Å²) in [6, 6.07) is 22.4. The van der Waals surface area contributed by atoms with Crippen molar-refractivity contribution in [2.45, 2.75) is 18.7 Å². The zero-order valence-electron chi connectivity index (χ0n) is 16.7. The summed E-state index contributed by atoms with van der Waals surface area (Å²) in [7, 11) is 3.29. The van der Waals surface area contributed by atoms with Crippen LogP contribution in [0.4, 0.5) is 0 Å². The van der Waals surface area contributed by atoms with E-state index in [4.69, 9.17) is 19.3 Å². The lowest BCUT2D eigenvalue weighted by molar-refractivity contribution is -0.0205. The van der Waals surface area contributed by atoms with Crippen molar-refractivity contribution >= 4 is 21.6 Å². The minimum atomic E-state index is -0.414. The average Bonchev–Trinajstić information content (AvgIpc) is 3.24. The van der Waals surface area contributed by atoms with Crippen molar-refractivity contribution in [3.05, 3.63) is 87.9 Å². The van der Waals surface area contributed by atoms with Gasteiger partial charge < -0.3 is 14.2 Å². The maximum absolute atomic E-state index is 6.45. The van der Waals surface area contributed by atoms with Gasteiger partial charge in [-0.2, -0.15) is 5.10 Å². The van der Waals surface area contributed by atoms with E-state index in [9.17, 15) is 0 Å². The highest BCUT2D eigenvalue weighted by Crippen LogP contribution is 2.49. The Morgan fingerprint density at radius 1 is 0.933 bits per heavy atom. The number of ether oxygens (including phenoxy) is 3. The van der Waals surface area contributed by atoms with Crippen molar-refractivity contribution in [2.24, 2.45) is 5.10 Å². The van der Waals surface area contributed by atoms with Crippen LogP contribution in [-0.4, -0.2) is 24.9 Å². The molecule has 2 aliphatic rings. The molecule has 0 spiro atoms. The Balaban J connectivity index is 1.62. The molecule has 0 fully saturated rings. The first-order valence-corrected chi connectivity index (χ1v) is 10.6. The highest BCUT2D eigenvalue weighted by atomic mass is 79.9. The number of rotatable bonds is 4. The zero-order chi connectivity index (χ0) is 20.7. The summed E-state index contributed by atoms with van der Waals surface area (Å²) >= 11 is 3.51. The predicted octanol–water partition coefficient (Wildman–Crippen LogP) is 5.71. The SMILES string of the molecule is COc1cccc([C@@H]2Oc3ccccc3[C@H]3CC(c4ccc(Br)cc4)=NN32)c1OC. The van der Waals surface area contributed by atoms with E-state index in [1.165, 1.54) is 0 Å². The molecule has 0 unspecified atom stereocenters. The molecule has 0 bridgehead atoms. The maximum Gasteiger partial charge on any atom is 0.217 e. The van der Waals surface area contributed by atoms with E-state index >= 15 is 0 Å². The Labute approximate surface area is 184 Å². The molecule has 0 radical (unpaired) electrons. The first-order chi connectivity index (χ1) is 14.7. The number of benzene rings is 3. The van der Waals surface area contributed by atoms with Gasteiger partial charge in [0.05, 0.1) is 31.5 Å². The Kier molecular flexibility index (Phi) is 4.87. The average molecular weight is 465 g/mol. The normalized spacial score (nSPS) is 19.4. The van der Waals surface area contributed by atoms with Crippen LogP contribution in [0, 0.1) is 0 Å². The van der Waals surface area contributed by atoms with Crippen LogP contribution in [0.5, 0.6) is 17.2 Å². The standard InChI is InChI=1S/C24H21BrN2O3/c1-28-22-9-5-7-18(23(22)29-2)24-27-20(17-6-3-4-8-21(17)30-24)14-19(26-27)15-10-12-16(25)13-11-15/h3-13,20,24H,14H2,1-2H3/t20-,24+/m1/s1. The summed E-state index contributed by atoms with van der Waals surface area (Å²) in [4.78, 5) is 0. The topological polar surface area (TPSA) is 43.3 Å². The summed E-state index contributed by atoms with van der Waals surface area (Å²) in [5.74, 6) is 2.21. The Hall–Kier alpha value is -2.99. The van der Waals surface area contributed by atoms with Gasteiger partial charge in [-0.05, 0) is 35.9 Å². The fourth-order valence-electron chi connectivity index (χ4n) is 4.16. The monoisotopic (exact) mass is 464 g/mol. The third-order valence-electron chi connectivity index (χ3n) is 5.58. The highest BCUT2D eigenvalue weighted by Gasteiger charge is 2.42. The molecule has 6 heteroatoms. The molecule has 0 aliphatic carbocycles. The number of nitrogens with zero attached hydrogens (tertiary/aromatic N) is 2. The van der Waals surface area contributed by atoms with Crippen molar-refractivity contribution in [2.75, 3.05) is 14.2 Å². The smallest absolute Gasteiger partial charge is 0.217 e. The molecule has 2 heterocycles. The second kappa shape index (κ2) is 7.69. The molecule has 3 aromatic rings. The van der Waals surface area contributed by atoms with Crippen molar-refractivity contribution in [3.63, 3.8) is 0 Å². The van der Waals surface area contributed by atoms with Gasteiger partial charge in [-0.3, -0.25) is 0 Å². The lowest BCUT2D eigenvalue weighted by Crippen LogP contribution is -2.34. The fourth-order valence-corrected chi connectivity index (χ4v) is 4.43. The number of fused-ring (bicyclic) bond motifs is 3. The molecule has 0 aromatic heterocycles. The van der Waals surface area contributed by atoms with Gasteiger partial charge in [0.15, 0.2) is 11.5 Å². The molecule has 0 N–H and O–H groups in total. The highest BCUT2D eigenvalue weighted by molar-refractivity contribution is 9.10. The lowest BCUT2D eigenvalue weighted by atomic mass is 9.96. The van der Waals surface area contributed by atoms with Gasteiger partial charge in [0.1, 0.15) is 5.75 Å². The largest absolute Gasteiger partial charge is 0.493 e. The molecule has 5 nitrogen and oxygen atoms in total. The zero-order valence-corrected chi connectivity index (χ0v) is 18.3. The molecule has 0 saturated heterocycles. The van der Waals surface area contributed by atoms with E-state index in [0.717, 1.165) is 39.0 Å². The van der Waals surface area contributed by atoms with Gasteiger partial charge in [-0.25, -0.2) is 5.01 Å². The summed E-state index contributed by atoms with van der Waals surface area (Å²) < 4.78 is 18.7. The second-order valence-electron chi connectivity index (χ2n) is 7.24. The number of methoxy groups -OCH3 is 2. The van der Waals surface area contributed by atoms with Crippen LogP contribution in [0.2, 0.25) is 0 Å². The molecule has 30 heavy (non-hydrogen) atoms. The minimum Gasteiger partial charge on any atom is -0.493 e. The van der Waals surface area contributed by atoms with Gasteiger partial charge in [-0.1, -0.05) is 52.3 Å². The van der Waals surface area contributed by atoms with E-state index in [0.29, 0.717) is 11.5 Å². The molecule has 5 rings (SSSR count). The molecule has 2 atom stereocenters.